The van der Waals surface area contributed by atoms with E-state index in [2.05, 4.69) is 25.7 Å². The number of fused-ring (bicyclic) bond motifs is 4. The standard InChI is InChI=1S/C24H31N5O2/c1-24(2,3)21-15-28-19-9-5-4-7-17(19)13-20(28)23(31)29(25-21)16-22(30)27-12-11-26-10-6-8-18(26)14-27/h4-5,7,9,13,18H,6,8,10-12,14-16H2,1-3H3. The maximum Gasteiger partial charge on any atom is 0.291 e. The smallest absolute Gasteiger partial charge is 0.291 e. The topological polar surface area (TPSA) is 61.2 Å². The van der Waals surface area contributed by atoms with E-state index < -0.39 is 0 Å². The van der Waals surface area contributed by atoms with Gasteiger partial charge in [0.25, 0.3) is 5.91 Å². The van der Waals surface area contributed by atoms with Gasteiger partial charge in [-0.05, 0) is 31.5 Å². The fourth-order valence-corrected chi connectivity index (χ4v) is 5.00. The fraction of sp³-hybridized carbons (Fsp3) is 0.542. The van der Waals surface area contributed by atoms with Crippen LogP contribution in [0.2, 0.25) is 0 Å². The number of hydrogen-bond acceptors (Lipinski definition) is 4. The minimum atomic E-state index is -0.218. The molecule has 2 aromatic rings. The van der Waals surface area contributed by atoms with Gasteiger partial charge in [0, 0.05) is 42.0 Å². The zero-order valence-corrected chi connectivity index (χ0v) is 18.7. The molecule has 2 fully saturated rings. The lowest BCUT2D eigenvalue weighted by atomic mass is 9.90. The first-order valence-electron chi connectivity index (χ1n) is 11.3. The van der Waals surface area contributed by atoms with E-state index in [9.17, 15) is 9.59 Å². The molecule has 0 aliphatic carbocycles. The van der Waals surface area contributed by atoms with Crippen LogP contribution in [0.1, 0.15) is 44.1 Å². The molecule has 2 saturated heterocycles. The van der Waals surface area contributed by atoms with Crippen LogP contribution in [-0.2, 0) is 11.3 Å². The van der Waals surface area contributed by atoms with Crippen LogP contribution in [0.25, 0.3) is 10.9 Å². The Morgan fingerprint density at radius 2 is 1.97 bits per heavy atom. The number of para-hydroxylation sites is 1. The van der Waals surface area contributed by atoms with E-state index in [0.717, 1.165) is 49.2 Å². The molecule has 3 aliphatic heterocycles. The van der Waals surface area contributed by atoms with Crippen molar-refractivity contribution >= 4 is 28.4 Å². The van der Waals surface area contributed by atoms with Gasteiger partial charge < -0.3 is 9.47 Å². The Morgan fingerprint density at radius 3 is 2.77 bits per heavy atom. The molecule has 0 bridgehead atoms. The Hall–Kier alpha value is -2.67. The molecule has 1 aromatic heterocycles. The van der Waals surface area contributed by atoms with Crippen LogP contribution in [0.15, 0.2) is 35.4 Å². The number of carbonyl (C=O) groups is 2. The van der Waals surface area contributed by atoms with Gasteiger partial charge in [0.1, 0.15) is 12.2 Å². The molecular formula is C24H31N5O2. The summed E-state index contributed by atoms with van der Waals surface area (Å²) in [6.45, 7) is 10.4. The summed E-state index contributed by atoms with van der Waals surface area (Å²) in [5.74, 6) is -0.218. The number of amides is 2. The molecule has 2 amide bonds. The summed E-state index contributed by atoms with van der Waals surface area (Å²) in [5, 5.41) is 7.18. The summed E-state index contributed by atoms with van der Waals surface area (Å²) >= 11 is 0. The van der Waals surface area contributed by atoms with Crippen molar-refractivity contribution in [2.24, 2.45) is 10.5 Å². The summed E-state index contributed by atoms with van der Waals surface area (Å²) in [7, 11) is 0. The number of carbonyl (C=O) groups excluding carboxylic acids is 2. The zero-order chi connectivity index (χ0) is 21.8. The highest BCUT2D eigenvalue weighted by atomic mass is 16.2. The molecule has 4 heterocycles. The monoisotopic (exact) mass is 421 g/mol. The first-order valence-corrected chi connectivity index (χ1v) is 11.3. The fourth-order valence-electron chi connectivity index (χ4n) is 5.00. The van der Waals surface area contributed by atoms with Gasteiger partial charge in [-0.2, -0.15) is 5.10 Å². The van der Waals surface area contributed by atoms with Crippen molar-refractivity contribution in [2.75, 3.05) is 32.7 Å². The van der Waals surface area contributed by atoms with E-state index in [0.29, 0.717) is 18.3 Å². The summed E-state index contributed by atoms with van der Waals surface area (Å²) in [5.41, 5.74) is 2.30. The molecule has 0 saturated carbocycles. The molecule has 1 aromatic carbocycles. The largest absolute Gasteiger partial charge is 0.338 e. The highest BCUT2D eigenvalue weighted by Crippen LogP contribution is 2.28. The van der Waals surface area contributed by atoms with Crippen molar-refractivity contribution in [1.82, 2.24) is 19.4 Å². The molecule has 31 heavy (non-hydrogen) atoms. The van der Waals surface area contributed by atoms with Crippen LogP contribution in [0.5, 0.6) is 0 Å². The molecule has 3 aliphatic rings. The second-order valence-electron chi connectivity index (χ2n) is 10.0. The average Bonchev–Trinajstić information content (AvgIpc) is 3.32. The minimum absolute atomic E-state index is 0.00728. The van der Waals surface area contributed by atoms with Crippen LogP contribution in [0, 0.1) is 5.41 Å². The van der Waals surface area contributed by atoms with Gasteiger partial charge in [-0.3, -0.25) is 14.5 Å². The van der Waals surface area contributed by atoms with Crippen LogP contribution in [-0.4, -0.2) is 75.7 Å². The van der Waals surface area contributed by atoms with Crippen molar-refractivity contribution < 1.29 is 9.59 Å². The van der Waals surface area contributed by atoms with E-state index in [1.807, 2.05) is 39.8 Å². The first kappa shape index (κ1) is 20.2. The van der Waals surface area contributed by atoms with Gasteiger partial charge >= 0.3 is 0 Å². The van der Waals surface area contributed by atoms with Crippen molar-refractivity contribution in [3.8, 4) is 0 Å². The molecule has 1 atom stereocenters. The van der Waals surface area contributed by atoms with Gasteiger partial charge in [-0.15, -0.1) is 0 Å². The number of hydrazone groups is 1. The number of aromatic nitrogens is 1. The van der Waals surface area contributed by atoms with Gasteiger partial charge in [0.15, 0.2) is 0 Å². The van der Waals surface area contributed by atoms with Crippen LogP contribution in [0.3, 0.4) is 0 Å². The van der Waals surface area contributed by atoms with Crippen LogP contribution in [0.4, 0.5) is 0 Å². The molecule has 164 valence electrons. The third kappa shape index (κ3) is 3.65. The molecule has 0 radical (unpaired) electrons. The Bertz CT molecular complexity index is 1060. The van der Waals surface area contributed by atoms with Crippen molar-refractivity contribution in [3.05, 3.63) is 36.0 Å². The molecule has 7 heteroatoms. The number of benzene rings is 1. The van der Waals surface area contributed by atoms with Gasteiger partial charge in [-0.1, -0.05) is 39.0 Å². The first-order chi connectivity index (χ1) is 14.8. The molecule has 7 nitrogen and oxygen atoms in total. The zero-order valence-electron chi connectivity index (χ0n) is 18.7. The lowest BCUT2D eigenvalue weighted by molar-refractivity contribution is -0.134. The van der Waals surface area contributed by atoms with E-state index in [1.165, 1.54) is 11.4 Å². The molecule has 0 N–H and O–H groups in total. The molecule has 5 rings (SSSR count). The second-order valence-corrected chi connectivity index (χ2v) is 10.0. The Labute approximate surface area is 183 Å². The van der Waals surface area contributed by atoms with E-state index in [4.69, 9.17) is 5.10 Å². The predicted molar refractivity (Wildman–Crippen MR) is 121 cm³/mol. The van der Waals surface area contributed by atoms with E-state index >= 15 is 0 Å². The normalized spacial score (nSPS) is 22.4. The van der Waals surface area contributed by atoms with Gasteiger partial charge in [0.2, 0.25) is 5.91 Å². The molecule has 0 spiro atoms. The highest BCUT2D eigenvalue weighted by Gasteiger charge is 2.35. The Balaban J connectivity index is 1.45. The summed E-state index contributed by atoms with van der Waals surface area (Å²) in [4.78, 5) is 31.1. The van der Waals surface area contributed by atoms with Crippen LogP contribution < -0.4 is 0 Å². The third-order valence-corrected chi connectivity index (χ3v) is 6.90. The van der Waals surface area contributed by atoms with Gasteiger partial charge in [0.05, 0.1) is 12.3 Å². The van der Waals surface area contributed by atoms with Gasteiger partial charge in [-0.25, -0.2) is 5.01 Å². The number of hydrogen-bond donors (Lipinski definition) is 0. The van der Waals surface area contributed by atoms with Crippen LogP contribution >= 0.6 is 0 Å². The Morgan fingerprint density at radius 1 is 1.16 bits per heavy atom. The highest BCUT2D eigenvalue weighted by molar-refractivity contribution is 6.03. The minimum Gasteiger partial charge on any atom is -0.338 e. The van der Waals surface area contributed by atoms with E-state index in [-0.39, 0.29) is 23.8 Å². The molecular weight excluding hydrogens is 390 g/mol. The number of piperazine rings is 1. The number of rotatable bonds is 2. The summed E-state index contributed by atoms with van der Waals surface area (Å²) in [6, 6.07) is 10.4. The average molecular weight is 422 g/mol. The summed E-state index contributed by atoms with van der Waals surface area (Å²) in [6.07, 6.45) is 2.36. The Kier molecular flexibility index (Phi) is 4.88. The van der Waals surface area contributed by atoms with Crippen molar-refractivity contribution in [2.45, 2.75) is 46.2 Å². The SMILES string of the molecule is CC(C)(C)C1=NN(CC(=O)N2CCN3CCCC3C2)C(=O)c2cc3ccccc3n2C1. The maximum atomic E-state index is 13.5. The lowest BCUT2D eigenvalue weighted by Crippen LogP contribution is -2.54. The second kappa shape index (κ2) is 7.48. The predicted octanol–water partition coefficient (Wildman–Crippen LogP) is 2.81. The maximum absolute atomic E-state index is 13.5. The van der Waals surface area contributed by atoms with Crippen molar-refractivity contribution in [3.63, 3.8) is 0 Å². The lowest BCUT2D eigenvalue weighted by Gasteiger charge is -2.38. The quantitative estimate of drug-likeness (QED) is 0.749. The van der Waals surface area contributed by atoms with Crippen molar-refractivity contribution in [1.29, 1.82) is 0 Å². The summed E-state index contributed by atoms with van der Waals surface area (Å²) < 4.78 is 2.05. The third-order valence-electron chi connectivity index (χ3n) is 6.90. The molecule has 1 unspecified atom stereocenters. The number of nitrogens with zero attached hydrogens (tertiary/aromatic N) is 5. The van der Waals surface area contributed by atoms with E-state index in [1.54, 1.807) is 0 Å².